The average Bonchev–Trinajstić information content (AvgIpc) is 3.22. The number of para-hydroxylation sites is 1. The second-order valence-corrected chi connectivity index (χ2v) is 7.63. The van der Waals surface area contributed by atoms with Gasteiger partial charge in [-0.15, -0.1) is 0 Å². The quantitative estimate of drug-likeness (QED) is 0.639. The van der Waals surface area contributed by atoms with Crippen molar-refractivity contribution in [3.8, 4) is 0 Å². The summed E-state index contributed by atoms with van der Waals surface area (Å²) < 4.78 is 3.29. The molecule has 1 aliphatic rings. The van der Waals surface area contributed by atoms with Crippen LogP contribution < -0.4 is 0 Å². The summed E-state index contributed by atoms with van der Waals surface area (Å²) in [6.07, 6.45) is 1.50. The Balaban J connectivity index is 1.50. The number of hydrogen-bond donors (Lipinski definition) is 0. The first-order chi connectivity index (χ1) is 12.1. The Morgan fingerprint density at radius 3 is 2.72 bits per heavy atom. The summed E-state index contributed by atoms with van der Waals surface area (Å²) in [5, 5.41) is 1.28. The minimum atomic E-state index is 0.216. The van der Waals surface area contributed by atoms with Crippen LogP contribution in [0.5, 0.6) is 0 Å². The molecule has 128 valence electrons. The van der Waals surface area contributed by atoms with E-state index in [1.807, 2.05) is 29.2 Å². The molecule has 1 atom stereocenters. The van der Waals surface area contributed by atoms with Gasteiger partial charge in [0.25, 0.3) is 0 Å². The molecular formula is C21H21BrN2O. The van der Waals surface area contributed by atoms with Crippen LogP contribution in [0.15, 0.2) is 59.1 Å². The van der Waals surface area contributed by atoms with Crippen molar-refractivity contribution < 1.29 is 4.79 Å². The molecule has 3 nitrogen and oxygen atoms in total. The molecule has 4 heteroatoms. The number of aryl methyl sites for hydroxylation is 1. The summed E-state index contributed by atoms with van der Waals surface area (Å²) in [4.78, 5) is 14.7. The van der Waals surface area contributed by atoms with Crippen molar-refractivity contribution in [3.05, 3.63) is 70.3 Å². The maximum Gasteiger partial charge on any atom is 0.227 e. The van der Waals surface area contributed by atoms with Gasteiger partial charge >= 0.3 is 0 Å². The van der Waals surface area contributed by atoms with E-state index in [1.54, 1.807) is 0 Å². The molecule has 0 N–H and O–H groups in total. The van der Waals surface area contributed by atoms with Crippen LogP contribution in [0.2, 0.25) is 0 Å². The molecule has 4 rings (SSSR count). The second kappa shape index (κ2) is 6.68. The Labute approximate surface area is 156 Å². The van der Waals surface area contributed by atoms with Crippen molar-refractivity contribution in [2.24, 2.45) is 7.05 Å². The number of nitrogens with zero attached hydrogens (tertiary/aromatic N) is 2. The number of hydrogen-bond acceptors (Lipinski definition) is 1. The summed E-state index contributed by atoms with van der Waals surface area (Å²) >= 11 is 3.54. The smallest absolute Gasteiger partial charge is 0.227 e. The molecular weight excluding hydrogens is 376 g/mol. The number of aromatic nitrogens is 1. The predicted molar refractivity (Wildman–Crippen MR) is 105 cm³/mol. The van der Waals surface area contributed by atoms with Crippen LogP contribution in [0.4, 0.5) is 0 Å². The van der Waals surface area contributed by atoms with Gasteiger partial charge in [0.05, 0.1) is 6.42 Å². The maximum atomic E-state index is 12.7. The molecule has 1 unspecified atom stereocenters. The number of rotatable bonds is 3. The number of likely N-dealkylation sites (tertiary alicyclic amines) is 1. The average molecular weight is 397 g/mol. The van der Waals surface area contributed by atoms with Crippen LogP contribution in [0, 0.1) is 0 Å². The monoisotopic (exact) mass is 396 g/mol. The molecule has 0 spiro atoms. The van der Waals surface area contributed by atoms with Gasteiger partial charge in [-0.05, 0) is 35.6 Å². The van der Waals surface area contributed by atoms with Crippen molar-refractivity contribution in [2.45, 2.75) is 18.8 Å². The number of fused-ring (bicyclic) bond motifs is 1. The van der Waals surface area contributed by atoms with Gasteiger partial charge in [0.2, 0.25) is 5.91 Å². The van der Waals surface area contributed by atoms with Gasteiger partial charge in [0.1, 0.15) is 0 Å². The number of carbonyl (C=O) groups is 1. The van der Waals surface area contributed by atoms with Gasteiger partial charge in [-0.1, -0.05) is 52.3 Å². The Hall–Kier alpha value is -2.07. The zero-order valence-corrected chi connectivity index (χ0v) is 15.9. The molecule has 2 heterocycles. The van der Waals surface area contributed by atoms with E-state index in [1.165, 1.54) is 16.6 Å². The zero-order chi connectivity index (χ0) is 17.4. The van der Waals surface area contributed by atoms with Crippen molar-refractivity contribution in [1.82, 2.24) is 9.47 Å². The highest BCUT2D eigenvalue weighted by Crippen LogP contribution is 2.31. The first-order valence-electron chi connectivity index (χ1n) is 8.69. The lowest BCUT2D eigenvalue weighted by Crippen LogP contribution is -2.30. The zero-order valence-electron chi connectivity index (χ0n) is 14.3. The third kappa shape index (κ3) is 3.11. The van der Waals surface area contributed by atoms with Crippen molar-refractivity contribution in [3.63, 3.8) is 0 Å². The molecule has 0 radical (unpaired) electrons. The first kappa shape index (κ1) is 16.4. The van der Waals surface area contributed by atoms with E-state index in [9.17, 15) is 4.79 Å². The highest BCUT2D eigenvalue weighted by molar-refractivity contribution is 9.10. The molecule has 1 amide bonds. The van der Waals surface area contributed by atoms with E-state index in [2.05, 4.69) is 57.9 Å². The van der Waals surface area contributed by atoms with E-state index in [-0.39, 0.29) is 5.91 Å². The van der Waals surface area contributed by atoms with E-state index < -0.39 is 0 Å². The summed E-state index contributed by atoms with van der Waals surface area (Å²) in [6, 6.07) is 18.7. The maximum absolute atomic E-state index is 12.7. The highest BCUT2D eigenvalue weighted by Gasteiger charge is 2.29. The van der Waals surface area contributed by atoms with Gasteiger partial charge in [-0.3, -0.25) is 4.79 Å². The summed E-state index contributed by atoms with van der Waals surface area (Å²) in [5.74, 6) is 0.633. The normalized spacial score (nSPS) is 17.4. The lowest BCUT2D eigenvalue weighted by atomic mass is 10.0. The van der Waals surface area contributed by atoms with E-state index in [4.69, 9.17) is 0 Å². The Bertz CT molecular complexity index is 931. The number of amides is 1. The largest absolute Gasteiger partial charge is 0.347 e. The topological polar surface area (TPSA) is 25.2 Å². The fraction of sp³-hybridized carbons (Fsp3) is 0.286. The molecule has 2 aromatic carbocycles. The van der Waals surface area contributed by atoms with Crippen LogP contribution >= 0.6 is 15.9 Å². The predicted octanol–water partition coefficient (Wildman–Crippen LogP) is 4.50. The Morgan fingerprint density at radius 2 is 1.92 bits per heavy atom. The minimum Gasteiger partial charge on any atom is -0.347 e. The number of halogens is 1. The number of benzene rings is 2. The molecule has 1 fully saturated rings. The number of carbonyl (C=O) groups excluding carboxylic acids is 1. The molecule has 3 aromatic rings. The van der Waals surface area contributed by atoms with Crippen LogP contribution in [0.1, 0.15) is 23.6 Å². The summed E-state index contributed by atoms with van der Waals surface area (Å²) in [7, 11) is 2.13. The second-order valence-electron chi connectivity index (χ2n) is 6.78. The molecule has 1 saturated heterocycles. The fourth-order valence-electron chi connectivity index (χ4n) is 3.85. The Morgan fingerprint density at radius 1 is 1.16 bits per heavy atom. The fourth-order valence-corrected chi connectivity index (χ4v) is 4.27. The van der Waals surface area contributed by atoms with Crippen molar-refractivity contribution in [2.75, 3.05) is 13.1 Å². The molecule has 0 aliphatic carbocycles. The van der Waals surface area contributed by atoms with Crippen molar-refractivity contribution >= 4 is 32.7 Å². The van der Waals surface area contributed by atoms with E-state index >= 15 is 0 Å². The highest BCUT2D eigenvalue weighted by atomic mass is 79.9. The SMILES string of the molecule is Cn1c(C2CCN(C(=O)Cc3ccccc3Br)C2)cc2ccccc21. The standard InChI is InChI=1S/C21H21BrN2O/c1-23-19-9-5-3-7-16(19)12-20(23)17-10-11-24(14-17)21(25)13-15-6-2-4-8-18(15)22/h2-9,12,17H,10-11,13-14H2,1H3. The van der Waals surface area contributed by atoms with Crippen LogP contribution in [-0.2, 0) is 18.3 Å². The molecule has 0 saturated carbocycles. The molecule has 0 bridgehead atoms. The van der Waals surface area contributed by atoms with E-state index in [0.717, 1.165) is 29.5 Å². The lowest BCUT2D eigenvalue weighted by Gasteiger charge is -2.17. The van der Waals surface area contributed by atoms with Crippen molar-refractivity contribution in [1.29, 1.82) is 0 Å². The van der Waals surface area contributed by atoms with Crippen LogP contribution in [0.3, 0.4) is 0 Å². The summed E-state index contributed by atoms with van der Waals surface area (Å²) in [5.41, 5.74) is 3.65. The first-order valence-corrected chi connectivity index (χ1v) is 9.48. The molecule has 1 aliphatic heterocycles. The van der Waals surface area contributed by atoms with Gasteiger partial charge in [-0.2, -0.15) is 0 Å². The van der Waals surface area contributed by atoms with E-state index in [0.29, 0.717) is 12.3 Å². The third-order valence-electron chi connectivity index (χ3n) is 5.25. The van der Waals surface area contributed by atoms with Crippen LogP contribution in [-0.4, -0.2) is 28.5 Å². The summed E-state index contributed by atoms with van der Waals surface area (Å²) in [6.45, 7) is 1.66. The van der Waals surface area contributed by atoms with Crippen LogP contribution in [0.25, 0.3) is 10.9 Å². The van der Waals surface area contributed by atoms with Gasteiger partial charge in [0, 0.05) is 41.7 Å². The third-order valence-corrected chi connectivity index (χ3v) is 6.02. The van der Waals surface area contributed by atoms with Gasteiger partial charge < -0.3 is 9.47 Å². The van der Waals surface area contributed by atoms with Gasteiger partial charge in [-0.25, -0.2) is 0 Å². The minimum absolute atomic E-state index is 0.216. The Kier molecular flexibility index (Phi) is 4.38. The van der Waals surface area contributed by atoms with Gasteiger partial charge in [0.15, 0.2) is 0 Å². The molecule has 25 heavy (non-hydrogen) atoms. The molecule has 1 aromatic heterocycles. The lowest BCUT2D eigenvalue weighted by molar-refractivity contribution is -0.129.